The van der Waals surface area contributed by atoms with E-state index in [4.69, 9.17) is 14.7 Å². The molecule has 2 aliphatic rings. The van der Waals surface area contributed by atoms with Gasteiger partial charge in [-0.15, -0.1) is 0 Å². The maximum absolute atomic E-state index is 11.7. The van der Waals surface area contributed by atoms with Crippen molar-refractivity contribution >= 4 is 22.6 Å². The lowest BCUT2D eigenvalue weighted by molar-refractivity contribution is -0.149. The minimum atomic E-state index is -0.128. The van der Waals surface area contributed by atoms with E-state index in [0.29, 0.717) is 0 Å². The highest BCUT2D eigenvalue weighted by Gasteiger charge is 2.37. The second-order valence-electron chi connectivity index (χ2n) is 8.62. The van der Waals surface area contributed by atoms with Crippen molar-refractivity contribution in [2.45, 2.75) is 32.2 Å². The Morgan fingerprint density at radius 3 is 2.81 bits per heavy atom. The van der Waals surface area contributed by atoms with Gasteiger partial charge in [0.25, 0.3) is 0 Å². The van der Waals surface area contributed by atoms with Crippen LogP contribution in [-0.2, 0) is 9.53 Å². The Hall–Kier alpha value is -3.06. The average molecular weight is 418 g/mol. The van der Waals surface area contributed by atoms with Gasteiger partial charge in [0.1, 0.15) is 0 Å². The van der Waals surface area contributed by atoms with E-state index in [0.717, 1.165) is 60.3 Å². The van der Waals surface area contributed by atoms with Crippen LogP contribution in [0.5, 0.6) is 0 Å². The van der Waals surface area contributed by atoms with Crippen LogP contribution in [-0.4, -0.2) is 57.9 Å². The first-order chi connectivity index (χ1) is 15.0. The predicted molar refractivity (Wildman–Crippen MR) is 119 cm³/mol. The summed E-state index contributed by atoms with van der Waals surface area (Å²) in [6.07, 6.45) is 8.75. The Labute approximate surface area is 181 Å². The molecule has 0 unspecified atom stereocenters. The van der Waals surface area contributed by atoms with Gasteiger partial charge < -0.3 is 9.64 Å². The number of benzene rings is 1. The third-order valence-corrected chi connectivity index (χ3v) is 6.54. The van der Waals surface area contributed by atoms with Gasteiger partial charge in [-0.3, -0.25) is 14.5 Å². The summed E-state index contributed by atoms with van der Waals surface area (Å²) in [5.74, 6) is -0.146. The Balaban J connectivity index is 1.43. The monoisotopic (exact) mass is 417 g/mol. The number of likely N-dealkylation sites (N-methyl/N-ethyl adjacent to an activating group) is 1. The number of ether oxygens (including phenoxy) is 1. The second-order valence-corrected chi connectivity index (χ2v) is 8.62. The zero-order valence-corrected chi connectivity index (χ0v) is 18.2. The maximum Gasteiger partial charge on any atom is 0.308 e. The third kappa shape index (κ3) is 3.63. The quantitative estimate of drug-likeness (QED) is 0.604. The second kappa shape index (κ2) is 7.89. The van der Waals surface area contributed by atoms with Crippen LogP contribution < -0.4 is 0 Å². The first-order valence-corrected chi connectivity index (χ1v) is 10.8. The lowest BCUT2D eigenvalue weighted by atomic mass is 9.80. The number of fused-ring (bicyclic) bond motifs is 1. The number of rotatable bonds is 4. The number of nitrogens with zero attached hydrogens (tertiary/aromatic N) is 5. The van der Waals surface area contributed by atoms with Crippen molar-refractivity contribution in [2.24, 2.45) is 5.92 Å². The van der Waals surface area contributed by atoms with Crippen molar-refractivity contribution in [3.8, 4) is 11.3 Å². The van der Waals surface area contributed by atoms with Crippen molar-refractivity contribution in [1.29, 1.82) is 0 Å². The summed E-state index contributed by atoms with van der Waals surface area (Å²) in [6.45, 7) is 4.02. The van der Waals surface area contributed by atoms with E-state index < -0.39 is 0 Å². The maximum atomic E-state index is 11.7. The molecule has 1 aliphatic carbocycles. The molecular weight excluding hydrogens is 390 g/mol. The molecule has 0 radical (unpaired) electrons. The molecule has 7 nitrogen and oxygen atoms in total. The predicted octanol–water partition coefficient (Wildman–Crippen LogP) is 3.64. The first-order valence-electron chi connectivity index (χ1n) is 10.8. The number of carbonyl (C=O) groups excluding carboxylic acids is 1. The molecule has 0 bridgehead atoms. The number of hydrogen-bond donors (Lipinski definition) is 0. The Bertz CT molecular complexity index is 1180. The minimum Gasteiger partial charge on any atom is -0.469 e. The van der Waals surface area contributed by atoms with Crippen LogP contribution in [0.3, 0.4) is 0 Å². The molecule has 0 saturated heterocycles. The molecular formula is C24H27N5O2. The summed E-state index contributed by atoms with van der Waals surface area (Å²) < 4.78 is 6.81. The van der Waals surface area contributed by atoms with E-state index >= 15 is 0 Å². The van der Waals surface area contributed by atoms with Crippen molar-refractivity contribution < 1.29 is 9.53 Å². The zero-order valence-electron chi connectivity index (χ0n) is 18.2. The van der Waals surface area contributed by atoms with Crippen LogP contribution in [0.15, 0.2) is 36.7 Å². The molecule has 1 aromatic carbocycles. The Kier molecular flexibility index (Phi) is 5.06. The number of aromatic nitrogens is 4. The summed E-state index contributed by atoms with van der Waals surface area (Å²) >= 11 is 0. The van der Waals surface area contributed by atoms with Gasteiger partial charge in [0, 0.05) is 30.4 Å². The molecule has 31 heavy (non-hydrogen) atoms. The van der Waals surface area contributed by atoms with E-state index in [-0.39, 0.29) is 17.9 Å². The lowest BCUT2D eigenvalue weighted by Gasteiger charge is -2.33. The summed E-state index contributed by atoms with van der Waals surface area (Å²) in [6, 6.07) is 6.46. The van der Waals surface area contributed by atoms with E-state index in [1.54, 1.807) is 0 Å². The Morgan fingerprint density at radius 1 is 1.23 bits per heavy atom. The molecule has 0 amide bonds. The summed E-state index contributed by atoms with van der Waals surface area (Å²) in [7, 11) is 3.59. The van der Waals surface area contributed by atoms with E-state index in [2.05, 4.69) is 35.3 Å². The number of para-hydroxylation sites is 1. The number of aryl methyl sites for hydroxylation is 1. The van der Waals surface area contributed by atoms with Crippen LogP contribution in [0, 0.1) is 12.8 Å². The molecule has 1 fully saturated rings. The molecule has 2 aromatic heterocycles. The van der Waals surface area contributed by atoms with Gasteiger partial charge >= 0.3 is 5.97 Å². The number of carbonyl (C=O) groups is 1. The van der Waals surface area contributed by atoms with Gasteiger partial charge in [0.05, 0.1) is 47.7 Å². The normalized spacial score (nSPS) is 21.6. The van der Waals surface area contributed by atoms with E-state index in [1.165, 1.54) is 18.2 Å². The minimum absolute atomic E-state index is 0.0179. The zero-order chi connectivity index (χ0) is 21.5. The molecule has 7 heteroatoms. The molecule has 0 N–H and O–H groups in total. The molecule has 1 saturated carbocycles. The van der Waals surface area contributed by atoms with Crippen molar-refractivity contribution in [2.75, 3.05) is 27.2 Å². The highest BCUT2D eigenvalue weighted by atomic mass is 16.5. The molecule has 0 spiro atoms. The standard InChI is InChI=1S/C24H27N5O2/c1-15-20(14-29(27-15)18-11-17(12-18)24(30)31-3)22-13-25-23-19(5-4-6-21(23)26-22)16-7-9-28(2)10-8-16/h4-7,13-14,17-18H,8-12H2,1-3H3/t17-,18-. The topological polar surface area (TPSA) is 73.1 Å². The fourth-order valence-corrected chi connectivity index (χ4v) is 4.53. The number of esters is 1. The van der Waals surface area contributed by atoms with Gasteiger partial charge in [-0.05, 0) is 44.9 Å². The molecule has 1 aliphatic heterocycles. The lowest BCUT2D eigenvalue weighted by Crippen LogP contribution is -2.33. The summed E-state index contributed by atoms with van der Waals surface area (Å²) in [4.78, 5) is 23.7. The van der Waals surface area contributed by atoms with Gasteiger partial charge in [-0.2, -0.15) is 5.10 Å². The van der Waals surface area contributed by atoms with Crippen molar-refractivity contribution in [1.82, 2.24) is 24.6 Å². The van der Waals surface area contributed by atoms with Gasteiger partial charge in [-0.1, -0.05) is 18.2 Å². The van der Waals surface area contributed by atoms with E-state index in [9.17, 15) is 4.79 Å². The van der Waals surface area contributed by atoms with E-state index in [1.807, 2.05) is 30.1 Å². The fraction of sp³-hybridized carbons (Fsp3) is 0.417. The third-order valence-electron chi connectivity index (χ3n) is 6.54. The molecule has 3 heterocycles. The van der Waals surface area contributed by atoms with Gasteiger partial charge in [-0.25, -0.2) is 4.98 Å². The van der Waals surface area contributed by atoms with Crippen LogP contribution in [0.4, 0.5) is 0 Å². The summed E-state index contributed by atoms with van der Waals surface area (Å²) in [5.41, 5.74) is 7.11. The van der Waals surface area contributed by atoms with Crippen molar-refractivity contribution in [3.63, 3.8) is 0 Å². The van der Waals surface area contributed by atoms with Gasteiger partial charge in [0.2, 0.25) is 0 Å². The molecule has 5 rings (SSSR count). The molecule has 3 aromatic rings. The van der Waals surface area contributed by atoms with Crippen LogP contribution in [0.2, 0.25) is 0 Å². The first kappa shape index (κ1) is 19.9. The number of hydrogen-bond acceptors (Lipinski definition) is 6. The molecule has 160 valence electrons. The van der Waals surface area contributed by atoms with Crippen molar-refractivity contribution in [3.05, 3.63) is 47.9 Å². The highest BCUT2D eigenvalue weighted by molar-refractivity contribution is 5.90. The average Bonchev–Trinajstić information content (AvgIpc) is 3.13. The molecule has 0 atom stereocenters. The summed E-state index contributed by atoms with van der Waals surface area (Å²) in [5, 5.41) is 4.69. The SMILES string of the molecule is COC(=O)[C@H]1C[C@H](n2cc(-c3cnc4c(C5=CCN(C)CC5)cccc4n3)c(C)n2)C1. The number of methoxy groups -OCH3 is 1. The smallest absolute Gasteiger partial charge is 0.308 e. The fourth-order valence-electron chi connectivity index (χ4n) is 4.53. The highest BCUT2D eigenvalue weighted by Crippen LogP contribution is 2.39. The van der Waals surface area contributed by atoms with Crippen LogP contribution in [0.25, 0.3) is 27.9 Å². The Morgan fingerprint density at radius 2 is 2.06 bits per heavy atom. The van der Waals surface area contributed by atoms with Crippen LogP contribution in [0.1, 0.15) is 36.6 Å². The van der Waals surface area contributed by atoms with Crippen LogP contribution >= 0.6 is 0 Å². The van der Waals surface area contributed by atoms with Gasteiger partial charge in [0.15, 0.2) is 0 Å². The largest absolute Gasteiger partial charge is 0.469 e.